The molecular formula is C15H16F2N6S. The van der Waals surface area contributed by atoms with Gasteiger partial charge in [-0.25, -0.2) is 13.8 Å². The second-order valence-corrected chi connectivity index (χ2v) is 7.71. The lowest BCUT2D eigenvalue weighted by atomic mass is 9.84. The van der Waals surface area contributed by atoms with E-state index in [1.165, 1.54) is 30.0 Å². The molecular weight excluding hydrogens is 334 g/mol. The summed E-state index contributed by atoms with van der Waals surface area (Å²) in [5, 5.41) is 8.01. The summed E-state index contributed by atoms with van der Waals surface area (Å²) in [4.78, 5) is 4.34. The molecule has 0 radical (unpaired) electrons. The van der Waals surface area contributed by atoms with Crippen LogP contribution in [0.5, 0.6) is 0 Å². The summed E-state index contributed by atoms with van der Waals surface area (Å²) in [6.45, 7) is -0.317. The van der Waals surface area contributed by atoms with Gasteiger partial charge in [0.25, 0.3) is 0 Å². The molecule has 6 nitrogen and oxygen atoms in total. The Balaban J connectivity index is 1.78. The van der Waals surface area contributed by atoms with E-state index in [1.807, 2.05) is 0 Å². The minimum atomic E-state index is -1.34. The van der Waals surface area contributed by atoms with Crippen molar-refractivity contribution in [1.82, 2.24) is 15.0 Å². The maximum atomic E-state index is 14.4. The zero-order valence-corrected chi connectivity index (χ0v) is 13.5. The van der Waals surface area contributed by atoms with Crippen LogP contribution in [0.3, 0.4) is 0 Å². The predicted molar refractivity (Wildman–Crippen MR) is 88.5 cm³/mol. The van der Waals surface area contributed by atoms with Crippen LogP contribution >= 0.6 is 11.8 Å². The minimum Gasteiger partial charge on any atom is -0.399 e. The highest BCUT2D eigenvalue weighted by Crippen LogP contribution is 2.66. The zero-order chi connectivity index (χ0) is 16.9. The molecule has 0 spiro atoms. The van der Waals surface area contributed by atoms with Gasteiger partial charge in [-0.3, -0.25) is 4.68 Å². The second kappa shape index (κ2) is 5.17. The largest absolute Gasteiger partial charge is 0.399 e. The van der Waals surface area contributed by atoms with E-state index in [0.29, 0.717) is 18.7 Å². The van der Waals surface area contributed by atoms with Crippen molar-refractivity contribution in [3.63, 3.8) is 0 Å². The molecule has 1 saturated carbocycles. The van der Waals surface area contributed by atoms with Crippen LogP contribution in [0.4, 0.5) is 14.5 Å². The molecule has 4 rings (SSSR count). The van der Waals surface area contributed by atoms with Gasteiger partial charge in [0, 0.05) is 28.1 Å². The summed E-state index contributed by atoms with van der Waals surface area (Å²) in [5.41, 5.74) is 11.0. The van der Waals surface area contributed by atoms with Crippen molar-refractivity contribution < 1.29 is 8.78 Å². The number of hydrogen-bond acceptors (Lipinski definition) is 6. The fourth-order valence-electron chi connectivity index (χ4n) is 3.62. The number of alkyl halides is 1. The van der Waals surface area contributed by atoms with Gasteiger partial charge < -0.3 is 11.5 Å². The molecule has 0 saturated heterocycles. The van der Waals surface area contributed by atoms with Gasteiger partial charge in [0.2, 0.25) is 0 Å². The van der Waals surface area contributed by atoms with Crippen molar-refractivity contribution in [2.75, 3.05) is 12.4 Å². The predicted octanol–water partition coefficient (Wildman–Crippen LogP) is 1.68. The van der Waals surface area contributed by atoms with Gasteiger partial charge in [0.05, 0.1) is 12.7 Å². The van der Waals surface area contributed by atoms with Crippen LogP contribution in [0.15, 0.2) is 35.6 Å². The molecule has 1 aliphatic carbocycles. The first-order valence-electron chi connectivity index (χ1n) is 7.49. The molecule has 2 heterocycles. The average molecular weight is 350 g/mol. The number of benzene rings is 1. The molecule has 0 amide bonds. The first kappa shape index (κ1) is 15.4. The third-order valence-electron chi connectivity index (χ3n) is 4.78. The summed E-state index contributed by atoms with van der Waals surface area (Å²) in [7, 11) is 0. The van der Waals surface area contributed by atoms with E-state index in [4.69, 9.17) is 11.5 Å². The highest BCUT2D eigenvalue weighted by atomic mass is 32.2. The maximum absolute atomic E-state index is 14.4. The lowest BCUT2D eigenvalue weighted by molar-refractivity contribution is 0.259. The number of aliphatic imine (C=N–C) groups is 1. The topological polar surface area (TPSA) is 95.1 Å². The number of halogens is 2. The quantitative estimate of drug-likeness (QED) is 0.818. The third kappa shape index (κ3) is 2.18. The Morgan fingerprint density at radius 2 is 2.21 bits per heavy atom. The third-order valence-corrected chi connectivity index (χ3v) is 6.07. The van der Waals surface area contributed by atoms with Gasteiger partial charge in [0.1, 0.15) is 18.0 Å². The van der Waals surface area contributed by atoms with E-state index in [9.17, 15) is 8.78 Å². The van der Waals surface area contributed by atoms with Crippen molar-refractivity contribution >= 4 is 22.6 Å². The standard InChI is InChI=1S/C15H16F2N6S/c16-7-15(10-5-9(18)1-2-11(10)17)12-6-14(12,24-13(19)21-15)8-23-4-3-20-22-23/h1-5,12H,6-8,18H2,(H2,19,21)/t12-,14-,15+/m0/s1. The number of fused-ring (bicyclic) bond motifs is 1. The number of hydrogen-bond donors (Lipinski definition) is 2. The highest BCUT2D eigenvalue weighted by Gasteiger charge is 2.68. The summed E-state index contributed by atoms with van der Waals surface area (Å²) in [6.07, 6.45) is 3.99. The number of rotatable bonds is 4. The van der Waals surface area contributed by atoms with Crippen molar-refractivity contribution in [2.45, 2.75) is 23.3 Å². The van der Waals surface area contributed by atoms with Gasteiger partial charge in [-0.1, -0.05) is 17.0 Å². The lowest BCUT2D eigenvalue weighted by Crippen LogP contribution is -2.41. The molecule has 0 bridgehead atoms. The number of thioether (sulfide) groups is 1. The van der Waals surface area contributed by atoms with Gasteiger partial charge in [-0.2, -0.15) is 0 Å². The number of nitrogen functional groups attached to an aromatic ring is 1. The lowest BCUT2D eigenvalue weighted by Gasteiger charge is -2.35. The van der Waals surface area contributed by atoms with Crippen LogP contribution in [-0.4, -0.2) is 31.6 Å². The average Bonchev–Trinajstić information content (AvgIpc) is 3.02. The summed E-state index contributed by atoms with van der Waals surface area (Å²) in [6, 6.07) is 4.15. The smallest absolute Gasteiger partial charge is 0.155 e. The van der Waals surface area contributed by atoms with Crippen LogP contribution in [0, 0.1) is 11.7 Å². The Hall–Kier alpha value is -2.16. The van der Waals surface area contributed by atoms with Crippen LogP contribution in [0.2, 0.25) is 0 Å². The monoisotopic (exact) mass is 350 g/mol. The molecule has 126 valence electrons. The highest BCUT2D eigenvalue weighted by molar-refractivity contribution is 8.15. The summed E-state index contributed by atoms with van der Waals surface area (Å²) in [5.74, 6) is -0.709. The number of nitrogens with zero attached hydrogens (tertiary/aromatic N) is 4. The Morgan fingerprint density at radius 3 is 2.92 bits per heavy atom. The van der Waals surface area contributed by atoms with E-state index in [0.717, 1.165) is 0 Å². The first-order chi connectivity index (χ1) is 11.5. The molecule has 4 N–H and O–H groups in total. The zero-order valence-electron chi connectivity index (χ0n) is 12.7. The molecule has 24 heavy (non-hydrogen) atoms. The summed E-state index contributed by atoms with van der Waals surface area (Å²) >= 11 is 1.40. The molecule has 1 fully saturated rings. The SMILES string of the molecule is NC1=N[C@](CF)(c2cc(N)ccc2F)[C@H]2C[C@@]2(Cn2ccnn2)S1. The van der Waals surface area contributed by atoms with Crippen molar-refractivity contribution in [2.24, 2.45) is 16.6 Å². The van der Waals surface area contributed by atoms with Crippen LogP contribution in [0.25, 0.3) is 0 Å². The van der Waals surface area contributed by atoms with Gasteiger partial charge in [-0.15, -0.1) is 5.10 Å². The van der Waals surface area contributed by atoms with Crippen LogP contribution < -0.4 is 11.5 Å². The van der Waals surface area contributed by atoms with Gasteiger partial charge in [-0.05, 0) is 24.6 Å². The Morgan fingerprint density at radius 1 is 1.38 bits per heavy atom. The van der Waals surface area contributed by atoms with Crippen molar-refractivity contribution in [1.29, 1.82) is 0 Å². The minimum absolute atomic E-state index is 0.165. The number of amidine groups is 1. The molecule has 9 heteroatoms. The van der Waals surface area contributed by atoms with Gasteiger partial charge in [0.15, 0.2) is 5.17 Å². The van der Waals surface area contributed by atoms with Crippen molar-refractivity contribution in [3.8, 4) is 0 Å². The first-order valence-corrected chi connectivity index (χ1v) is 8.31. The van der Waals surface area contributed by atoms with E-state index < -0.39 is 18.0 Å². The van der Waals surface area contributed by atoms with Crippen molar-refractivity contribution in [3.05, 3.63) is 42.0 Å². The maximum Gasteiger partial charge on any atom is 0.155 e. The fourth-order valence-corrected chi connectivity index (χ4v) is 5.03. The Kier molecular flexibility index (Phi) is 3.31. The second-order valence-electron chi connectivity index (χ2n) is 6.27. The molecule has 1 aromatic carbocycles. The van der Waals surface area contributed by atoms with Gasteiger partial charge >= 0.3 is 0 Å². The number of aromatic nitrogens is 3. The van der Waals surface area contributed by atoms with E-state index in [-0.39, 0.29) is 21.4 Å². The van der Waals surface area contributed by atoms with Crippen LogP contribution in [0.1, 0.15) is 12.0 Å². The normalized spacial score (nSPS) is 31.4. The number of nitrogens with two attached hydrogens (primary N) is 2. The van der Waals surface area contributed by atoms with Crippen LogP contribution in [-0.2, 0) is 12.1 Å². The molecule has 2 aromatic rings. The molecule has 1 aromatic heterocycles. The van der Waals surface area contributed by atoms with E-state index in [1.54, 1.807) is 17.1 Å². The van der Waals surface area contributed by atoms with E-state index in [2.05, 4.69) is 15.3 Å². The fraction of sp³-hybridized carbons (Fsp3) is 0.400. The summed E-state index contributed by atoms with van der Waals surface area (Å²) < 4.78 is 30.0. The van der Waals surface area contributed by atoms with E-state index >= 15 is 0 Å². The molecule has 3 atom stereocenters. The number of anilines is 1. The molecule has 2 aliphatic rings. The Labute approximate surface area is 141 Å². The molecule has 1 aliphatic heterocycles. The Bertz CT molecular complexity index is 810. The molecule has 0 unspecified atom stereocenters.